The van der Waals surface area contributed by atoms with Gasteiger partial charge in [0.2, 0.25) is 0 Å². The summed E-state index contributed by atoms with van der Waals surface area (Å²) in [5.74, 6) is 1.64. The van der Waals surface area contributed by atoms with Crippen LogP contribution in [0, 0.1) is 0 Å². The number of para-hydroxylation sites is 2. The first-order chi connectivity index (χ1) is 17.7. The number of unbranched alkanes of at least 4 members (excludes halogenated alkanes) is 4. The standard InChI is InChI=1S/C29H34N2O4S/c1-2-3-4-5-11-19-33-25-16-12-13-23(22-25)30-29(36)31-28(32)26-17-9-10-18-27(26)35-21-20-34-24-14-7-6-8-15-24/h6-10,12-18,22H,2-5,11,19-21H2,1H3,(H2,30,31,32,36). The molecule has 7 heteroatoms. The Hall–Kier alpha value is -3.58. The van der Waals surface area contributed by atoms with Crippen molar-refractivity contribution >= 4 is 28.9 Å². The average Bonchev–Trinajstić information content (AvgIpc) is 2.89. The van der Waals surface area contributed by atoms with Crippen LogP contribution in [0.5, 0.6) is 17.2 Å². The Morgan fingerprint density at radius 2 is 1.44 bits per heavy atom. The van der Waals surface area contributed by atoms with E-state index in [2.05, 4.69) is 17.6 Å². The number of hydrogen-bond acceptors (Lipinski definition) is 5. The topological polar surface area (TPSA) is 68.8 Å². The molecule has 0 atom stereocenters. The van der Waals surface area contributed by atoms with E-state index >= 15 is 0 Å². The van der Waals surface area contributed by atoms with Crippen molar-refractivity contribution in [1.82, 2.24) is 5.32 Å². The lowest BCUT2D eigenvalue weighted by Crippen LogP contribution is -2.34. The van der Waals surface area contributed by atoms with Crippen LogP contribution in [-0.2, 0) is 0 Å². The van der Waals surface area contributed by atoms with Crippen LogP contribution in [0.15, 0.2) is 78.9 Å². The summed E-state index contributed by atoms with van der Waals surface area (Å²) in [6.07, 6.45) is 5.94. The third-order valence-electron chi connectivity index (χ3n) is 5.32. The van der Waals surface area contributed by atoms with Crippen LogP contribution in [-0.4, -0.2) is 30.8 Å². The first kappa shape index (κ1) is 27.0. The molecule has 3 aromatic rings. The van der Waals surface area contributed by atoms with E-state index in [0.717, 1.165) is 23.6 Å². The first-order valence-electron chi connectivity index (χ1n) is 12.4. The van der Waals surface area contributed by atoms with Gasteiger partial charge in [-0.2, -0.15) is 0 Å². The van der Waals surface area contributed by atoms with Gasteiger partial charge in [-0.15, -0.1) is 0 Å². The van der Waals surface area contributed by atoms with Gasteiger partial charge in [0.1, 0.15) is 30.5 Å². The predicted molar refractivity (Wildman–Crippen MR) is 148 cm³/mol. The summed E-state index contributed by atoms with van der Waals surface area (Å²) in [7, 11) is 0. The molecule has 3 rings (SSSR count). The van der Waals surface area contributed by atoms with Gasteiger partial charge in [-0.05, 0) is 55.0 Å². The molecule has 0 fully saturated rings. The Bertz CT molecular complexity index is 1090. The predicted octanol–water partition coefficient (Wildman–Crippen LogP) is 6.62. The fourth-order valence-corrected chi connectivity index (χ4v) is 3.71. The van der Waals surface area contributed by atoms with Crippen molar-refractivity contribution in [3.8, 4) is 17.2 Å². The summed E-state index contributed by atoms with van der Waals surface area (Å²) >= 11 is 5.36. The lowest BCUT2D eigenvalue weighted by atomic mass is 10.2. The number of hydrogen-bond donors (Lipinski definition) is 2. The normalized spacial score (nSPS) is 10.4. The number of nitrogens with one attached hydrogen (secondary N) is 2. The summed E-state index contributed by atoms with van der Waals surface area (Å²) in [5, 5.41) is 5.97. The lowest BCUT2D eigenvalue weighted by molar-refractivity contribution is 0.0972. The maximum Gasteiger partial charge on any atom is 0.261 e. The van der Waals surface area contributed by atoms with E-state index in [1.54, 1.807) is 18.2 Å². The second-order valence-corrected chi connectivity index (χ2v) is 8.61. The number of carbonyl (C=O) groups excluding carboxylic acids is 1. The van der Waals surface area contributed by atoms with Gasteiger partial charge in [0.15, 0.2) is 5.11 Å². The highest BCUT2D eigenvalue weighted by atomic mass is 32.1. The molecule has 1 amide bonds. The van der Waals surface area contributed by atoms with Crippen molar-refractivity contribution in [2.24, 2.45) is 0 Å². The first-order valence-corrected chi connectivity index (χ1v) is 12.8. The molecule has 0 heterocycles. The van der Waals surface area contributed by atoms with Crippen molar-refractivity contribution in [1.29, 1.82) is 0 Å². The van der Waals surface area contributed by atoms with Gasteiger partial charge in [-0.1, -0.05) is 69.0 Å². The van der Waals surface area contributed by atoms with Crippen molar-refractivity contribution in [3.05, 3.63) is 84.4 Å². The third-order valence-corrected chi connectivity index (χ3v) is 5.52. The fourth-order valence-electron chi connectivity index (χ4n) is 3.50. The highest BCUT2D eigenvalue weighted by Crippen LogP contribution is 2.20. The minimum absolute atomic E-state index is 0.193. The molecular weight excluding hydrogens is 472 g/mol. The minimum Gasteiger partial charge on any atom is -0.494 e. The number of anilines is 1. The van der Waals surface area contributed by atoms with Gasteiger partial charge in [0.05, 0.1) is 12.2 Å². The van der Waals surface area contributed by atoms with E-state index in [0.29, 0.717) is 31.1 Å². The monoisotopic (exact) mass is 506 g/mol. The SMILES string of the molecule is CCCCCCCOc1cccc(NC(=S)NC(=O)c2ccccc2OCCOc2ccccc2)c1. The summed E-state index contributed by atoms with van der Waals surface area (Å²) < 4.78 is 17.3. The molecule has 0 saturated carbocycles. The van der Waals surface area contributed by atoms with E-state index in [1.807, 2.05) is 60.7 Å². The quantitative estimate of drug-likeness (QED) is 0.189. The van der Waals surface area contributed by atoms with Crippen LogP contribution in [0.25, 0.3) is 0 Å². The van der Waals surface area contributed by atoms with Crippen molar-refractivity contribution in [3.63, 3.8) is 0 Å². The van der Waals surface area contributed by atoms with E-state index in [1.165, 1.54) is 25.7 Å². The Morgan fingerprint density at radius 1 is 0.750 bits per heavy atom. The van der Waals surface area contributed by atoms with Crippen LogP contribution in [0.3, 0.4) is 0 Å². The second kappa shape index (κ2) is 15.4. The zero-order chi connectivity index (χ0) is 25.4. The van der Waals surface area contributed by atoms with Gasteiger partial charge in [-0.3, -0.25) is 10.1 Å². The summed E-state index contributed by atoms with van der Waals surface area (Å²) in [6.45, 7) is 3.55. The Labute approximate surface area is 219 Å². The molecule has 0 bridgehead atoms. The molecule has 0 aromatic heterocycles. The van der Waals surface area contributed by atoms with Crippen molar-refractivity contribution in [2.45, 2.75) is 39.0 Å². The highest BCUT2D eigenvalue weighted by molar-refractivity contribution is 7.80. The van der Waals surface area contributed by atoms with Gasteiger partial charge >= 0.3 is 0 Å². The van der Waals surface area contributed by atoms with E-state index in [9.17, 15) is 4.79 Å². The largest absolute Gasteiger partial charge is 0.494 e. The molecule has 3 aromatic carbocycles. The number of rotatable bonds is 14. The molecule has 36 heavy (non-hydrogen) atoms. The number of thiocarbonyl (C=S) groups is 1. The number of amides is 1. The highest BCUT2D eigenvalue weighted by Gasteiger charge is 2.14. The van der Waals surface area contributed by atoms with Gasteiger partial charge < -0.3 is 19.5 Å². The molecule has 6 nitrogen and oxygen atoms in total. The van der Waals surface area contributed by atoms with Crippen LogP contribution in [0.4, 0.5) is 5.69 Å². The molecule has 0 saturated heterocycles. The Kier molecular flexibility index (Phi) is 11.6. The second-order valence-electron chi connectivity index (χ2n) is 8.20. The van der Waals surface area contributed by atoms with Crippen molar-refractivity contribution < 1.29 is 19.0 Å². The zero-order valence-corrected chi connectivity index (χ0v) is 21.5. The third kappa shape index (κ3) is 9.58. The number of benzene rings is 3. The van der Waals surface area contributed by atoms with Crippen molar-refractivity contribution in [2.75, 3.05) is 25.1 Å². The van der Waals surface area contributed by atoms with Crippen LogP contribution in [0.2, 0.25) is 0 Å². The lowest BCUT2D eigenvalue weighted by Gasteiger charge is -2.14. The Morgan fingerprint density at radius 3 is 2.28 bits per heavy atom. The molecule has 190 valence electrons. The minimum atomic E-state index is -0.355. The number of ether oxygens (including phenoxy) is 3. The Balaban J connectivity index is 1.46. The zero-order valence-electron chi connectivity index (χ0n) is 20.7. The maximum atomic E-state index is 12.9. The summed E-state index contributed by atoms with van der Waals surface area (Å²) in [6, 6.07) is 24.1. The summed E-state index contributed by atoms with van der Waals surface area (Å²) in [5.41, 5.74) is 1.13. The fraction of sp³-hybridized carbons (Fsp3) is 0.310. The van der Waals surface area contributed by atoms with Gasteiger partial charge in [0.25, 0.3) is 5.91 Å². The van der Waals surface area contributed by atoms with Crippen LogP contribution >= 0.6 is 12.2 Å². The summed E-state index contributed by atoms with van der Waals surface area (Å²) in [4.78, 5) is 12.9. The van der Waals surface area contributed by atoms with Crippen LogP contribution < -0.4 is 24.8 Å². The maximum absolute atomic E-state index is 12.9. The molecule has 0 radical (unpaired) electrons. The molecular formula is C29H34N2O4S. The number of carbonyl (C=O) groups is 1. The van der Waals surface area contributed by atoms with E-state index < -0.39 is 0 Å². The van der Waals surface area contributed by atoms with Gasteiger partial charge in [0, 0.05) is 11.8 Å². The molecule has 0 aliphatic heterocycles. The smallest absolute Gasteiger partial charge is 0.261 e. The average molecular weight is 507 g/mol. The van der Waals surface area contributed by atoms with E-state index in [4.69, 9.17) is 26.4 Å². The van der Waals surface area contributed by atoms with E-state index in [-0.39, 0.29) is 11.0 Å². The molecule has 2 N–H and O–H groups in total. The molecule has 0 unspecified atom stereocenters. The molecule has 0 aliphatic carbocycles. The molecule has 0 aliphatic rings. The van der Waals surface area contributed by atoms with Crippen LogP contribution in [0.1, 0.15) is 49.4 Å². The molecule has 0 spiro atoms. The van der Waals surface area contributed by atoms with Gasteiger partial charge in [-0.25, -0.2) is 0 Å².